The Balaban J connectivity index is 0.00000288. The van der Waals surface area contributed by atoms with E-state index < -0.39 is 0 Å². The number of hydrogen-bond acceptors (Lipinski definition) is 4. The van der Waals surface area contributed by atoms with Gasteiger partial charge in [-0.1, -0.05) is 24.2 Å². The summed E-state index contributed by atoms with van der Waals surface area (Å²) in [4.78, 5) is 4.21. The van der Waals surface area contributed by atoms with E-state index in [1.165, 1.54) is 5.56 Å². The van der Waals surface area contributed by atoms with Gasteiger partial charge in [-0.2, -0.15) is 0 Å². The molecule has 1 aromatic heterocycles. The molecule has 0 atom stereocenters. The van der Waals surface area contributed by atoms with Crippen molar-refractivity contribution in [2.24, 2.45) is 4.99 Å². The molecule has 0 aliphatic heterocycles. The van der Waals surface area contributed by atoms with Crippen LogP contribution in [0.3, 0.4) is 0 Å². The molecule has 2 N–H and O–H groups in total. The van der Waals surface area contributed by atoms with Crippen molar-refractivity contribution in [3.8, 4) is 5.75 Å². The van der Waals surface area contributed by atoms with Crippen LogP contribution in [0.4, 0.5) is 0 Å². The maximum absolute atomic E-state index is 5.41. The van der Waals surface area contributed by atoms with E-state index in [0.717, 1.165) is 29.2 Å². The number of hydrogen-bond donors (Lipinski definition) is 2. The Morgan fingerprint density at radius 3 is 2.62 bits per heavy atom. The number of halogens is 1. The van der Waals surface area contributed by atoms with Gasteiger partial charge >= 0.3 is 0 Å². The minimum absolute atomic E-state index is 0. The smallest absolute Gasteiger partial charge is 0.191 e. The Labute approximate surface area is 160 Å². The predicted molar refractivity (Wildman–Crippen MR) is 106 cm³/mol. The van der Waals surface area contributed by atoms with Crippen LogP contribution < -0.4 is 15.4 Å². The van der Waals surface area contributed by atoms with Gasteiger partial charge in [0.05, 0.1) is 19.3 Å². The van der Waals surface area contributed by atoms with Gasteiger partial charge in [0.25, 0.3) is 0 Å². The van der Waals surface area contributed by atoms with Crippen molar-refractivity contribution in [1.82, 2.24) is 15.8 Å². The Morgan fingerprint density at radius 2 is 2.00 bits per heavy atom. The number of ether oxygens (including phenoxy) is 1. The van der Waals surface area contributed by atoms with Crippen LogP contribution in [-0.2, 0) is 19.5 Å². The van der Waals surface area contributed by atoms with Crippen LogP contribution in [0.2, 0.25) is 0 Å². The third-order valence-corrected chi connectivity index (χ3v) is 3.51. The molecule has 0 spiro atoms. The molecule has 132 valence electrons. The van der Waals surface area contributed by atoms with Gasteiger partial charge in [-0.25, -0.2) is 0 Å². The second-order valence-corrected chi connectivity index (χ2v) is 5.23. The molecule has 0 unspecified atom stereocenters. The average Bonchev–Trinajstić information content (AvgIpc) is 3.04. The van der Waals surface area contributed by atoms with Crippen LogP contribution in [0, 0.1) is 6.92 Å². The number of nitrogens with zero attached hydrogens (tertiary/aromatic N) is 2. The zero-order valence-corrected chi connectivity index (χ0v) is 16.9. The molecule has 0 bridgehead atoms. The molecule has 0 aliphatic rings. The first kappa shape index (κ1) is 20.3. The molecule has 0 saturated carbocycles. The SMILES string of the molecule is CCc1cc(CNC(=NC)NCc2ccc(C)cc2OC)on1.I. The molecule has 1 heterocycles. The molecule has 0 saturated heterocycles. The van der Waals surface area contributed by atoms with E-state index in [-0.39, 0.29) is 24.0 Å². The molecule has 0 aliphatic carbocycles. The van der Waals surface area contributed by atoms with E-state index >= 15 is 0 Å². The number of aryl methyl sites for hydroxylation is 2. The van der Waals surface area contributed by atoms with E-state index in [9.17, 15) is 0 Å². The molecule has 2 aromatic rings. The quantitative estimate of drug-likeness (QED) is 0.407. The second-order valence-electron chi connectivity index (χ2n) is 5.23. The summed E-state index contributed by atoms with van der Waals surface area (Å²) in [7, 11) is 3.42. The highest BCUT2D eigenvalue weighted by Gasteiger charge is 2.06. The zero-order chi connectivity index (χ0) is 16.7. The van der Waals surface area contributed by atoms with E-state index in [2.05, 4.69) is 32.9 Å². The predicted octanol–water partition coefficient (Wildman–Crippen LogP) is 3.04. The number of guanidine groups is 1. The van der Waals surface area contributed by atoms with Crippen molar-refractivity contribution < 1.29 is 9.26 Å². The maximum atomic E-state index is 5.41. The molecule has 6 nitrogen and oxygen atoms in total. The average molecular weight is 444 g/mol. The molecule has 1 aromatic carbocycles. The van der Waals surface area contributed by atoms with Crippen LogP contribution in [0.25, 0.3) is 0 Å². The van der Waals surface area contributed by atoms with Crippen molar-refractivity contribution in [2.45, 2.75) is 33.4 Å². The fourth-order valence-electron chi connectivity index (χ4n) is 2.17. The summed E-state index contributed by atoms with van der Waals surface area (Å²) in [5, 5.41) is 10.4. The second kappa shape index (κ2) is 10.2. The molecular formula is C17H25IN4O2. The third-order valence-electron chi connectivity index (χ3n) is 3.51. The number of rotatable bonds is 6. The normalized spacial score (nSPS) is 10.9. The van der Waals surface area contributed by atoms with Crippen molar-refractivity contribution in [3.63, 3.8) is 0 Å². The molecule has 0 fully saturated rings. The number of aromatic nitrogens is 1. The molecular weight excluding hydrogens is 419 g/mol. The van der Waals surface area contributed by atoms with Crippen LogP contribution in [0.1, 0.15) is 29.5 Å². The largest absolute Gasteiger partial charge is 0.496 e. The molecule has 0 amide bonds. The van der Waals surface area contributed by atoms with E-state index in [1.807, 2.05) is 26.0 Å². The Bertz CT molecular complexity index is 670. The van der Waals surface area contributed by atoms with Crippen LogP contribution in [-0.4, -0.2) is 25.3 Å². The lowest BCUT2D eigenvalue weighted by molar-refractivity contribution is 0.374. The highest BCUT2D eigenvalue weighted by molar-refractivity contribution is 14.0. The summed E-state index contributed by atoms with van der Waals surface area (Å²) in [6.07, 6.45) is 0.865. The Morgan fingerprint density at radius 1 is 1.25 bits per heavy atom. The van der Waals surface area contributed by atoms with E-state index in [4.69, 9.17) is 9.26 Å². The minimum atomic E-state index is 0. The highest BCUT2D eigenvalue weighted by Crippen LogP contribution is 2.19. The number of nitrogens with one attached hydrogen (secondary N) is 2. The first-order valence-corrected chi connectivity index (χ1v) is 7.68. The van der Waals surface area contributed by atoms with E-state index in [1.54, 1.807) is 14.2 Å². The first-order chi connectivity index (χ1) is 11.2. The zero-order valence-electron chi connectivity index (χ0n) is 14.5. The fourth-order valence-corrected chi connectivity index (χ4v) is 2.17. The van der Waals surface area contributed by atoms with Gasteiger partial charge in [-0.05, 0) is 25.0 Å². The van der Waals surface area contributed by atoms with Crippen molar-refractivity contribution in [2.75, 3.05) is 14.2 Å². The van der Waals surface area contributed by atoms with Crippen molar-refractivity contribution in [3.05, 3.63) is 46.8 Å². The van der Waals surface area contributed by atoms with Crippen LogP contribution in [0.5, 0.6) is 5.75 Å². The standard InChI is InChI=1S/C17H24N4O2.HI/c1-5-14-9-15(23-21-14)11-20-17(18-3)19-10-13-7-6-12(2)8-16(13)22-4;/h6-9H,5,10-11H2,1-4H3,(H2,18,19,20);1H. The van der Waals surface area contributed by atoms with Gasteiger partial charge in [-0.3, -0.25) is 4.99 Å². The maximum Gasteiger partial charge on any atom is 0.191 e. The van der Waals surface area contributed by atoms with Gasteiger partial charge in [0.15, 0.2) is 11.7 Å². The number of benzene rings is 1. The monoisotopic (exact) mass is 444 g/mol. The molecule has 7 heteroatoms. The molecule has 0 radical (unpaired) electrons. The van der Waals surface area contributed by atoms with Gasteiger partial charge in [0.1, 0.15) is 5.75 Å². The van der Waals surface area contributed by atoms with Gasteiger partial charge in [-0.15, -0.1) is 24.0 Å². The summed E-state index contributed by atoms with van der Waals surface area (Å²) in [6.45, 7) is 5.25. The number of aliphatic imine (C=N–C) groups is 1. The topological polar surface area (TPSA) is 71.7 Å². The highest BCUT2D eigenvalue weighted by atomic mass is 127. The molecule has 24 heavy (non-hydrogen) atoms. The van der Waals surface area contributed by atoms with Gasteiger partial charge in [0.2, 0.25) is 0 Å². The first-order valence-electron chi connectivity index (χ1n) is 7.68. The van der Waals surface area contributed by atoms with Crippen LogP contribution in [0.15, 0.2) is 33.8 Å². The van der Waals surface area contributed by atoms with Gasteiger partial charge < -0.3 is 19.9 Å². The van der Waals surface area contributed by atoms with Crippen molar-refractivity contribution >= 4 is 29.9 Å². The lowest BCUT2D eigenvalue weighted by atomic mass is 10.1. The summed E-state index contributed by atoms with van der Waals surface area (Å²) in [5.41, 5.74) is 3.20. The van der Waals surface area contributed by atoms with Crippen molar-refractivity contribution in [1.29, 1.82) is 0 Å². The lowest BCUT2D eigenvalue weighted by Crippen LogP contribution is -2.36. The Hall–Kier alpha value is -1.77. The minimum Gasteiger partial charge on any atom is -0.496 e. The Kier molecular flexibility index (Phi) is 8.59. The van der Waals surface area contributed by atoms with Crippen LogP contribution >= 0.6 is 24.0 Å². The third kappa shape index (κ3) is 5.70. The van der Waals surface area contributed by atoms with Gasteiger partial charge in [0, 0.05) is 25.2 Å². The molecule has 2 rings (SSSR count). The van der Waals surface area contributed by atoms with E-state index in [0.29, 0.717) is 19.0 Å². The lowest BCUT2D eigenvalue weighted by Gasteiger charge is -2.13. The number of methoxy groups -OCH3 is 1. The fraction of sp³-hybridized carbons (Fsp3) is 0.412. The summed E-state index contributed by atoms with van der Waals surface area (Å²) >= 11 is 0. The summed E-state index contributed by atoms with van der Waals surface area (Å²) < 4.78 is 10.7. The summed E-state index contributed by atoms with van der Waals surface area (Å²) in [5.74, 6) is 2.36. The summed E-state index contributed by atoms with van der Waals surface area (Å²) in [6, 6.07) is 8.09.